The number of ether oxygens (including phenoxy) is 1. The molecule has 1 aliphatic rings. The van der Waals surface area contributed by atoms with Crippen molar-refractivity contribution in [2.45, 2.75) is 19.8 Å². The first-order valence-electron chi connectivity index (χ1n) is 8.24. The van der Waals surface area contributed by atoms with Gasteiger partial charge in [0.2, 0.25) is 11.8 Å². The van der Waals surface area contributed by atoms with Crippen LogP contribution >= 0.6 is 0 Å². The third kappa shape index (κ3) is 2.42. The first-order valence-corrected chi connectivity index (χ1v) is 8.24. The van der Waals surface area contributed by atoms with Gasteiger partial charge in [-0.15, -0.1) is 0 Å². The number of hydrogen-bond acceptors (Lipinski definition) is 5. The molecule has 3 aromatic rings. The molecule has 3 heterocycles. The molecule has 2 aromatic heterocycles. The molecule has 128 valence electrons. The molecule has 0 unspecified atom stereocenters. The molecule has 0 fully saturated rings. The van der Waals surface area contributed by atoms with Crippen molar-refractivity contribution in [1.29, 1.82) is 5.26 Å². The molecule has 0 aliphatic carbocycles. The van der Waals surface area contributed by atoms with E-state index in [9.17, 15) is 5.26 Å². The predicted molar refractivity (Wildman–Crippen MR) is 96.6 cm³/mol. The van der Waals surface area contributed by atoms with Gasteiger partial charge in [-0.3, -0.25) is 4.98 Å². The van der Waals surface area contributed by atoms with Crippen molar-refractivity contribution in [3.63, 3.8) is 0 Å². The molecular formula is C20H17N5O. The van der Waals surface area contributed by atoms with Crippen LogP contribution in [0.4, 0.5) is 0 Å². The first-order chi connectivity index (χ1) is 12.6. The maximum atomic E-state index is 9.68. The van der Waals surface area contributed by atoms with Crippen LogP contribution in [0, 0.1) is 25.2 Å². The molecule has 6 nitrogen and oxygen atoms in total. The topological polar surface area (TPSA) is 89.8 Å². The summed E-state index contributed by atoms with van der Waals surface area (Å²) in [6, 6.07) is 14.0. The second-order valence-corrected chi connectivity index (χ2v) is 6.26. The lowest BCUT2D eigenvalue weighted by atomic mass is 9.84. The number of nitrogens with zero attached hydrogens (tertiary/aromatic N) is 4. The van der Waals surface area contributed by atoms with Gasteiger partial charge in [0, 0.05) is 6.20 Å². The van der Waals surface area contributed by atoms with Crippen LogP contribution in [0.3, 0.4) is 0 Å². The van der Waals surface area contributed by atoms with Gasteiger partial charge in [-0.25, -0.2) is 0 Å². The second kappa shape index (κ2) is 6.05. The molecule has 0 saturated heterocycles. The van der Waals surface area contributed by atoms with E-state index in [0.29, 0.717) is 11.5 Å². The highest BCUT2D eigenvalue weighted by Gasteiger charge is 2.36. The second-order valence-electron chi connectivity index (χ2n) is 6.26. The van der Waals surface area contributed by atoms with E-state index in [2.05, 4.69) is 16.2 Å². The summed E-state index contributed by atoms with van der Waals surface area (Å²) in [7, 11) is 0. The van der Waals surface area contributed by atoms with E-state index in [1.54, 1.807) is 17.1 Å². The van der Waals surface area contributed by atoms with Crippen molar-refractivity contribution in [3.05, 3.63) is 82.6 Å². The van der Waals surface area contributed by atoms with E-state index >= 15 is 0 Å². The molecule has 4 rings (SSSR count). The number of pyridine rings is 1. The van der Waals surface area contributed by atoms with Crippen molar-refractivity contribution in [2.24, 2.45) is 5.73 Å². The number of benzene rings is 1. The Morgan fingerprint density at radius 2 is 1.96 bits per heavy atom. The average molecular weight is 343 g/mol. The normalized spacial score (nSPS) is 16.0. The highest BCUT2D eigenvalue weighted by Crippen LogP contribution is 2.44. The van der Waals surface area contributed by atoms with Gasteiger partial charge in [-0.1, -0.05) is 29.8 Å². The van der Waals surface area contributed by atoms with Crippen molar-refractivity contribution >= 4 is 0 Å². The highest BCUT2D eigenvalue weighted by molar-refractivity contribution is 5.57. The lowest BCUT2D eigenvalue weighted by Crippen LogP contribution is -2.22. The Morgan fingerprint density at radius 3 is 2.62 bits per heavy atom. The molecule has 0 radical (unpaired) electrons. The van der Waals surface area contributed by atoms with E-state index in [1.165, 1.54) is 0 Å². The quantitative estimate of drug-likeness (QED) is 0.772. The van der Waals surface area contributed by atoms with Crippen LogP contribution in [0.5, 0.6) is 5.88 Å². The predicted octanol–water partition coefficient (Wildman–Crippen LogP) is 3.10. The number of allylic oxidation sites excluding steroid dienone is 1. The van der Waals surface area contributed by atoms with Crippen LogP contribution < -0.4 is 10.5 Å². The summed E-state index contributed by atoms with van der Waals surface area (Å²) >= 11 is 0. The largest absolute Gasteiger partial charge is 0.422 e. The Labute approximate surface area is 151 Å². The molecule has 0 saturated carbocycles. The zero-order valence-corrected chi connectivity index (χ0v) is 14.5. The number of nitriles is 1. The minimum Gasteiger partial charge on any atom is -0.422 e. The Kier molecular flexibility index (Phi) is 3.70. The van der Waals surface area contributed by atoms with Crippen LogP contribution in [-0.4, -0.2) is 14.8 Å². The van der Waals surface area contributed by atoms with E-state index in [4.69, 9.17) is 10.5 Å². The Balaban J connectivity index is 1.95. The van der Waals surface area contributed by atoms with Gasteiger partial charge in [0.05, 0.1) is 29.1 Å². The van der Waals surface area contributed by atoms with Crippen molar-refractivity contribution in [2.75, 3.05) is 0 Å². The van der Waals surface area contributed by atoms with Gasteiger partial charge in [-0.2, -0.15) is 15.0 Å². The zero-order chi connectivity index (χ0) is 18.3. The van der Waals surface area contributed by atoms with Gasteiger partial charge in [-0.05, 0) is 31.5 Å². The summed E-state index contributed by atoms with van der Waals surface area (Å²) in [6.07, 6.45) is 3.40. The summed E-state index contributed by atoms with van der Waals surface area (Å²) < 4.78 is 7.51. The lowest BCUT2D eigenvalue weighted by molar-refractivity contribution is 0.367. The molecule has 1 aliphatic heterocycles. The SMILES string of the molecule is Cc1ccc([C@@H]2C(C#N)=C(N)Oc3c2c(C)nn3-c2cccnc2)cc1. The number of nitrogens with two attached hydrogens (primary N) is 1. The summed E-state index contributed by atoms with van der Waals surface area (Å²) in [5.74, 6) is 0.322. The summed E-state index contributed by atoms with van der Waals surface area (Å²) in [5, 5.41) is 14.3. The van der Waals surface area contributed by atoms with Gasteiger partial charge in [0.1, 0.15) is 11.6 Å². The third-order valence-corrected chi connectivity index (χ3v) is 4.53. The monoisotopic (exact) mass is 343 g/mol. The van der Waals surface area contributed by atoms with Gasteiger partial charge < -0.3 is 10.5 Å². The minimum atomic E-state index is -0.310. The molecule has 0 amide bonds. The van der Waals surface area contributed by atoms with Crippen molar-refractivity contribution in [3.8, 4) is 17.6 Å². The Hall–Kier alpha value is -3.59. The first kappa shape index (κ1) is 15.9. The zero-order valence-electron chi connectivity index (χ0n) is 14.5. The molecule has 26 heavy (non-hydrogen) atoms. The fraction of sp³-hybridized carbons (Fsp3) is 0.150. The summed E-state index contributed by atoms with van der Waals surface area (Å²) in [4.78, 5) is 4.14. The smallest absolute Gasteiger partial charge is 0.229 e. The maximum Gasteiger partial charge on any atom is 0.229 e. The van der Waals surface area contributed by atoms with E-state index in [0.717, 1.165) is 28.1 Å². The van der Waals surface area contributed by atoms with Crippen LogP contribution in [0.1, 0.15) is 28.3 Å². The van der Waals surface area contributed by atoms with Gasteiger partial charge in [0.25, 0.3) is 0 Å². The summed E-state index contributed by atoms with van der Waals surface area (Å²) in [5.41, 5.74) is 11.0. The van der Waals surface area contributed by atoms with E-state index in [-0.39, 0.29) is 11.8 Å². The number of rotatable bonds is 2. The number of aromatic nitrogens is 3. The van der Waals surface area contributed by atoms with Crippen LogP contribution in [-0.2, 0) is 0 Å². The van der Waals surface area contributed by atoms with Gasteiger partial charge >= 0.3 is 0 Å². The van der Waals surface area contributed by atoms with Crippen molar-refractivity contribution < 1.29 is 4.74 Å². The number of aryl methyl sites for hydroxylation is 2. The van der Waals surface area contributed by atoms with Gasteiger partial charge in [0.15, 0.2) is 0 Å². The molecular weight excluding hydrogens is 326 g/mol. The molecule has 0 spiro atoms. The minimum absolute atomic E-state index is 0.107. The van der Waals surface area contributed by atoms with Crippen LogP contribution in [0.25, 0.3) is 5.69 Å². The third-order valence-electron chi connectivity index (χ3n) is 4.53. The highest BCUT2D eigenvalue weighted by atomic mass is 16.5. The standard InChI is InChI=1S/C20H17N5O/c1-12-5-7-14(8-6-12)18-16(10-21)19(22)26-20-17(18)13(2)24-25(20)15-4-3-9-23-11-15/h3-9,11,18H,22H2,1-2H3/t18-/m1/s1. The summed E-state index contributed by atoms with van der Waals surface area (Å²) in [6.45, 7) is 3.94. The van der Waals surface area contributed by atoms with Crippen molar-refractivity contribution in [1.82, 2.24) is 14.8 Å². The maximum absolute atomic E-state index is 9.68. The molecule has 2 N–H and O–H groups in total. The Bertz CT molecular complexity index is 1040. The van der Waals surface area contributed by atoms with E-state index in [1.807, 2.05) is 50.2 Å². The molecule has 0 bridgehead atoms. The van der Waals surface area contributed by atoms with Crippen LogP contribution in [0.15, 0.2) is 60.2 Å². The van der Waals surface area contributed by atoms with E-state index < -0.39 is 0 Å². The number of fused-ring (bicyclic) bond motifs is 1. The molecule has 6 heteroatoms. The fourth-order valence-corrected chi connectivity index (χ4v) is 3.26. The molecule has 1 aromatic carbocycles. The Morgan fingerprint density at radius 1 is 1.19 bits per heavy atom. The lowest BCUT2D eigenvalue weighted by Gasteiger charge is -2.25. The fourth-order valence-electron chi connectivity index (χ4n) is 3.26. The van der Waals surface area contributed by atoms with Crippen LogP contribution in [0.2, 0.25) is 0 Å². The average Bonchev–Trinajstić information content (AvgIpc) is 2.98. The molecule has 1 atom stereocenters. The number of hydrogen-bond donors (Lipinski definition) is 1.